The molecule has 1 amide bonds. The third kappa shape index (κ3) is 6.82. The quantitative estimate of drug-likeness (QED) is 0.791. The van der Waals surface area contributed by atoms with Crippen molar-refractivity contribution in [1.82, 2.24) is 5.32 Å². The zero-order chi connectivity index (χ0) is 14.3. The number of carbonyl (C=O) groups is 1. The molecule has 106 valence electrons. The highest BCUT2D eigenvalue weighted by Crippen LogP contribution is 2.11. The molecule has 3 N–H and O–H groups in total. The highest BCUT2D eigenvalue weighted by Gasteiger charge is 2.08. The SMILES string of the molecule is Cc1ccc(OCC(C)NC(=O)CCC(C)N)cc1. The maximum absolute atomic E-state index is 11.6. The van der Waals surface area contributed by atoms with Gasteiger partial charge in [-0.25, -0.2) is 0 Å². The minimum Gasteiger partial charge on any atom is -0.491 e. The van der Waals surface area contributed by atoms with Crippen molar-refractivity contribution < 1.29 is 9.53 Å². The summed E-state index contributed by atoms with van der Waals surface area (Å²) >= 11 is 0. The molecule has 0 saturated heterocycles. The minimum atomic E-state index is -0.0121. The Morgan fingerprint density at radius 3 is 2.53 bits per heavy atom. The predicted octanol–water partition coefficient (Wildman–Crippen LogP) is 2.01. The molecule has 0 bridgehead atoms. The van der Waals surface area contributed by atoms with Crippen molar-refractivity contribution in [2.24, 2.45) is 5.73 Å². The minimum absolute atomic E-state index is 0.0121. The summed E-state index contributed by atoms with van der Waals surface area (Å²) in [7, 11) is 0. The Morgan fingerprint density at radius 2 is 1.95 bits per heavy atom. The topological polar surface area (TPSA) is 64.3 Å². The summed E-state index contributed by atoms with van der Waals surface area (Å²) in [5, 5.41) is 2.90. The van der Waals surface area contributed by atoms with Crippen molar-refractivity contribution >= 4 is 5.91 Å². The van der Waals surface area contributed by atoms with E-state index in [0.29, 0.717) is 19.4 Å². The van der Waals surface area contributed by atoms with Crippen LogP contribution in [-0.2, 0) is 4.79 Å². The van der Waals surface area contributed by atoms with Crippen molar-refractivity contribution in [3.05, 3.63) is 29.8 Å². The Hall–Kier alpha value is -1.55. The Morgan fingerprint density at radius 1 is 1.32 bits per heavy atom. The van der Waals surface area contributed by atoms with Crippen LogP contribution in [0.5, 0.6) is 5.75 Å². The van der Waals surface area contributed by atoms with Gasteiger partial charge in [0.05, 0.1) is 6.04 Å². The van der Waals surface area contributed by atoms with Gasteiger partial charge in [-0.05, 0) is 39.3 Å². The van der Waals surface area contributed by atoms with Gasteiger partial charge in [0.25, 0.3) is 0 Å². The molecule has 2 atom stereocenters. The van der Waals surface area contributed by atoms with Crippen LogP contribution in [0.4, 0.5) is 0 Å². The van der Waals surface area contributed by atoms with Crippen molar-refractivity contribution in [3.8, 4) is 5.75 Å². The van der Waals surface area contributed by atoms with E-state index in [1.807, 2.05) is 45.0 Å². The Kier molecular flexibility index (Phi) is 6.36. The fourth-order valence-electron chi connectivity index (χ4n) is 1.60. The maximum Gasteiger partial charge on any atom is 0.220 e. The molecular weight excluding hydrogens is 240 g/mol. The van der Waals surface area contributed by atoms with Gasteiger partial charge >= 0.3 is 0 Å². The second-order valence-electron chi connectivity index (χ2n) is 5.11. The monoisotopic (exact) mass is 264 g/mol. The van der Waals surface area contributed by atoms with Crippen molar-refractivity contribution in [2.75, 3.05) is 6.61 Å². The molecule has 0 aliphatic heterocycles. The van der Waals surface area contributed by atoms with Gasteiger partial charge in [0, 0.05) is 12.5 Å². The second-order valence-corrected chi connectivity index (χ2v) is 5.11. The molecule has 0 spiro atoms. The van der Waals surface area contributed by atoms with E-state index in [1.165, 1.54) is 5.56 Å². The zero-order valence-corrected chi connectivity index (χ0v) is 12.0. The van der Waals surface area contributed by atoms with Gasteiger partial charge in [-0.2, -0.15) is 0 Å². The number of rotatable bonds is 7. The summed E-state index contributed by atoms with van der Waals surface area (Å²) in [5.74, 6) is 0.847. The first-order valence-electron chi connectivity index (χ1n) is 6.72. The summed E-state index contributed by atoms with van der Waals surface area (Å²) < 4.78 is 5.61. The van der Waals surface area contributed by atoms with Gasteiger partial charge in [0.2, 0.25) is 5.91 Å². The molecule has 1 aromatic carbocycles. The largest absolute Gasteiger partial charge is 0.491 e. The van der Waals surface area contributed by atoms with Crippen LogP contribution in [-0.4, -0.2) is 24.6 Å². The van der Waals surface area contributed by atoms with Crippen LogP contribution in [0.15, 0.2) is 24.3 Å². The molecule has 19 heavy (non-hydrogen) atoms. The van der Waals surface area contributed by atoms with Crippen LogP contribution < -0.4 is 15.8 Å². The number of nitrogens with one attached hydrogen (secondary N) is 1. The fraction of sp³-hybridized carbons (Fsp3) is 0.533. The third-order valence-corrected chi connectivity index (χ3v) is 2.76. The van der Waals surface area contributed by atoms with E-state index in [2.05, 4.69) is 5.32 Å². The Balaban J connectivity index is 2.25. The van der Waals surface area contributed by atoms with E-state index in [4.69, 9.17) is 10.5 Å². The van der Waals surface area contributed by atoms with E-state index in [0.717, 1.165) is 5.75 Å². The Labute approximate surface area is 115 Å². The highest BCUT2D eigenvalue weighted by atomic mass is 16.5. The van der Waals surface area contributed by atoms with Crippen LogP contribution in [0, 0.1) is 6.92 Å². The lowest BCUT2D eigenvalue weighted by Crippen LogP contribution is -2.37. The van der Waals surface area contributed by atoms with Gasteiger partial charge in [0.15, 0.2) is 0 Å². The molecule has 0 saturated carbocycles. The second kappa shape index (κ2) is 7.79. The number of carbonyl (C=O) groups excluding carboxylic acids is 1. The number of benzene rings is 1. The van der Waals surface area contributed by atoms with Crippen molar-refractivity contribution in [2.45, 2.75) is 45.7 Å². The van der Waals surface area contributed by atoms with Gasteiger partial charge in [0.1, 0.15) is 12.4 Å². The molecule has 4 nitrogen and oxygen atoms in total. The van der Waals surface area contributed by atoms with E-state index in [9.17, 15) is 4.79 Å². The molecule has 0 aromatic heterocycles. The first kappa shape index (κ1) is 15.5. The van der Waals surface area contributed by atoms with Gasteiger partial charge in [-0.15, -0.1) is 0 Å². The number of nitrogens with two attached hydrogens (primary N) is 1. The molecule has 1 aromatic rings. The number of hydrogen-bond donors (Lipinski definition) is 2. The van der Waals surface area contributed by atoms with Crippen LogP contribution in [0.25, 0.3) is 0 Å². The average molecular weight is 264 g/mol. The Bertz CT molecular complexity index is 388. The molecule has 0 aliphatic rings. The van der Waals surface area contributed by atoms with Gasteiger partial charge < -0.3 is 15.8 Å². The predicted molar refractivity (Wildman–Crippen MR) is 77.2 cm³/mol. The summed E-state index contributed by atoms with van der Waals surface area (Å²) in [6.07, 6.45) is 1.17. The van der Waals surface area contributed by atoms with Crippen molar-refractivity contribution in [3.63, 3.8) is 0 Å². The summed E-state index contributed by atoms with van der Waals surface area (Å²) in [5.41, 5.74) is 6.81. The number of amides is 1. The summed E-state index contributed by atoms with van der Waals surface area (Å²) in [6.45, 7) is 6.33. The van der Waals surface area contributed by atoms with E-state index < -0.39 is 0 Å². The zero-order valence-electron chi connectivity index (χ0n) is 12.0. The number of hydrogen-bond acceptors (Lipinski definition) is 3. The number of ether oxygens (including phenoxy) is 1. The fourth-order valence-corrected chi connectivity index (χ4v) is 1.60. The third-order valence-electron chi connectivity index (χ3n) is 2.76. The highest BCUT2D eigenvalue weighted by molar-refractivity contribution is 5.76. The van der Waals surface area contributed by atoms with E-state index >= 15 is 0 Å². The lowest BCUT2D eigenvalue weighted by atomic mass is 10.2. The molecule has 1 rings (SSSR count). The molecule has 0 heterocycles. The summed E-state index contributed by atoms with van der Waals surface area (Å²) in [6, 6.07) is 7.91. The van der Waals surface area contributed by atoms with Crippen molar-refractivity contribution in [1.29, 1.82) is 0 Å². The number of aryl methyl sites for hydroxylation is 1. The smallest absolute Gasteiger partial charge is 0.220 e. The molecule has 0 aliphatic carbocycles. The lowest BCUT2D eigenvalue weighted by Gasteiger charge is -2.15. The first-order chi connectivity index (χ1) is 8.97. The van der Waals surface area contributed by atoms with Crippen LogP contribution in [0.3, 0.4) is 0 Å². The average Bonchev–Trinajstić information content (AvgIpc) is 2.36. The van der Waals surface area contributed by atoms with Crippen LogP contribution in [0.2, 0.25) is 0 Å². The standard InChI is InChI=1S/C15H24N2O2/c1-11-4-7-14(8-5-11)19-10-13(3)17-15(18)9-6-12(2)16/h4-5,7-8,12-13H,6,9-10,16H2,1-3H3,(H,17,18). The van der Waals surface area contributed by atoms with Crippen LogP contribution in [0.1, 0.15) is 32.3 Å². The van der Waals surface area contributed by atoms with E-state index in [1.54, 1.807) is 0 Å². The molecule has 0 radical (unpaired) electrons. The molecular formula is C15H24N2O2. The normalized spacial score (nSPS) is 13.7. The lowest BCUT2D eigenvalue weighted by molar-refractivity contribution is -0.122. The molecule has 0 fully saturated rings. The van der Waals surface area contributed by atoms with Crippen LogP contribution >= 0.6 is 0 Å². The van der Waals surface area contributed by atoms with E-state index in [-0.39, 0.29) is 18.0 Å². The molecule has 2 unspecified atom stereocenters. The van der Waals surface area contributed by atoms with Gasteiger partial charge in [-0.1, -0.05) is 17.7 Å². The molecule has 4 heteroatoms. The first-order valence-corrected chi connectivity index (χ1v) is 6.72. The summed E-state index contributed by atoms with van der Waals surface area (Å²) in [4.78, 5) is 11.6. The maximum atomic E-state index is 11.6. The van der Waals surface area contributed by atoms with Gasteiger partial charge in [-0.3, -0.25) is 4.79 Å².